The Labute approximate surface area is 126 Å². The lowest BCUT2D eigenvalue weighted by atomic mass is 10.1. The van der Waals surface area contributed by atoms with Gasteiger partial charge in [-0.25, -0.2) is 4.79 Å². The van der Waals surface area contributed by atoms with E-state index >= 15 is 0 Å². The third kappa shape index (κ3) is 13.9. The molecule has 0 radical (unpaired) electrons. The number of hydrogen-bond donors (Lipinski definition) is 1. The number of hydrogen-bond acceptors (Lipinski definition) is 1. The molecule has 0 aliphatic heterocycles. The monoisotopic (exact) mass is 332 g/mol. The summed E-state index contributed by atoms with van der Waals surface area (Å²) in [6.45, 7) is 2.25. The molecule has 112 valence electrons. The van der Waals surface area contributed by atoms with E-state index in [4.69, 9.17) is 5.11 Å². The number of unbranched alkanes of at least 4 members (excludes halogenated alkanes) is 11. The Bertz CT molecular complexity index is 249. The average molecular weight is 333 g/mol. The Kier molecular flexibility index (Phi) is 13.9. The lowest BCUT2D eigenvalue weighted by Gasteiger charge is -2.01. The van der Waals surface area contributed by atoms with Crippen molar-refractivity contribution in [3.8, 4) is 0 Å². The number of rotatable bonds is 13. The highest BCUT2D eigenvalue weighted by Crippen LogP contribution is 2.13. The van der Waals surface area contributed by atoms with Crippen molar-refractivity contribution >= 4 is 21.9 Å². The zero-order valence-electron chi connectivity index (χ0n) is 12.3. The molecule has 2 nitrogen and oxygen atoms in total. The third-order valence-electron chi connectivity index (χ3n) is 3.34. The highest BCUT2D eigenvalue weighted by molar-refractivity contribution is 9.12. The molecule has 1 N–H and O–H groups in total. The Hall–Kier alpha value is -0.310. The van der Waals surface area contributed by atoms with Crippen LogP contribution < -0.4 is 0 Å². The van der Waals surface area contributed by atoms with Crippen LogP contribution in [-0.4, -0.2) is 11.1 Å². The van der Waals surface area contributed by atoms with Gasteiger partial charge < -0.3 is 5.11 Å². The SMILES string of the molecule is CCCCCCCCCCCCCC=C(Br)C(=O)O. The Morgan fingerprint density at radius 1 is 0.895 bits per heavy atom. The number of allylic oxidation sites excluding steroid dienone is 1. The molecule has 0 aliphatic carbocycles. The third-order valence-corrected chi connectivity index (χ3v) is 4.00. The van der Waals surface area contributed by atoms with Gasteiger partial charge in [-0.15, -0.1) is 0 Å². The summed E-state index contributed by atoms with van der Waals surface area (Å²) in [5.41, 5.74) is 0. The standard InChI is InChI=1S/C16H29BrO2/c1-2-3-4-5-6-7-8-9-10-11-12-13-14-15(17)16(18)19/h14H,2-13H2,1H3,(H,18,19). The minimum Gasteiger partial charge on any atom is -0.477 e. The fourth-order valence-corrected chi connectivity index (χ4v) is 2.35. The van der Waals surface area contributed by atoms with E-state index in [1.54, 1.807) is 6.08 Å². The van der Waals surface area contributed by atoms with Crippen molar-refractivity contribution in [3.05, 3.63) is 10.6 Å². The van der Waals surface area contributed by atoms with Crippen LogP contribution in [0.15, 0.2) is 10.6 Å². The first-order valence-electron chi connectivity index (χ1n) is 7.77. The van der Waals surface area contributed by atoms with Crippen LogP contribution in [-0.2, 0) is 4.79 Å². The first-order chi connectivity index (χ1) is 9.18. The quantitative estimate of drug-likeness (QED) is 0.329. The van der Waals surface area contributed by atoms with Crippen LogP contribution in [0.3, 0.4) is 0 Å². The first-order valence-corrected chi connectivity index (χ1v) is 8.56. The van der Waals surface area contributed by atoms with E-state index < -0.39 is 5.97 Å². The van der Waals surface area contributed by atoms with Crippen LogP contribution >= 0.6 is 15.9 Å². The van der Waals surface area contributed by atoms with E-state index in [0.29, 0.717) is 4.48 Å². The van der Waals surface area contributed by atoms with Crippen LogP contribution in [0.2, 0.25) is 0 Å². The summed E-state index contributed by atoms with van der Waals surface area (Å²) in [6, 6.07) is 0. The van der Waals surface area contributed by atoms with Crippen LogP contribution in [0.1, 0.15) is 84.0 Å². The highest BCUT2D eigenvalue weighted by Gasteiger charge is 2.00. The molecule has 0 bridgehead atoms. The molecule has 0 atom stereocenters. The van der Waals surface area contributed by atoms with Crippen LogP contribution in [0.4, 0.5) is 0 Å². The van der Waals surface area contributed by atoms with Gasteiger partial charge in [0.25, 0.3) is 0 Å². The summed E-state index contributed by atoms with van der Waals surface area (Å²) in [4.78, 5) is 10.5. The van der Waals surface area contributed by atoms with Crippen molar-refractivity contribution in [2.24, 2.45) is 0 Å². The van der Waals surface area contributed by atoms with Crippen molar-refractivity contribution in [1.82, 2.24) is 0 Å². The van der Waals surface area contributed by atoms with E-state index in [0.717, 1.165) is 12.8 Å². The van der Waals surface area contributed by atoms with Crippen molar-refractivity contribution in [2.75, 3.05) is 0 Å². The first kappa shape index (κ1) is 18.7. The molecule has 0 spiro atoms. The molecule has 0 aromatic rings. The summed E-state index contributed by atoms with van der Waals surface area (Å²) in [5.74, 6) is -0.872. The lowest BCUT2D eigenvalue weighted by molar-refractivity contribution is -0.131. The van der Waals surface area contributed by atoms with Gasteiger partial charge in [0, 0.05) is 0 Å². The van der Waals surface area contributed by atoms with Gasteiger partial charge in [0.1, 0.15) is 0 Å². The highest BCUT2D eigenvalue weighted by atomic mass is 79.9. The molecule has 0 rings (SSSR count). The second-order valence-corrected chi connectivity index (χ2v) is 6.04. The van der Waals surface area contributed by atoms with Crippen LogP contribution in [0, 0.1) is 0 Å². The van der Waals surface area contributed by atoms with E-state index in [2.05, 4.69) is 22.9 Å². The molecule has 0 fully saturated rings. The van der Waals surface area contributed by atoms with Gasteiger partial charge >= 0.3 is 5.97 Å². The maximum atomic E-state index is 10.5. The van der Waals surface area contributed by atoms with Gasteiger partial charge in [-0.2, -0.15) is 0 Å². The number of carboxylic acids is 1. The Morgan fingerprint density at radius 3 is 1.74 bits per heavy atom. The van der Waals surface area contributed by atoms with Gasteiger partial charge in [-0.3, -0.25) is 0 Å². The second-order valence-electron chi connectivity index (χ2n) is 5.18. The van der Waals surface area contributed by atoms with Gasteiger partial charge in [-0.05, 0) is 28.8 Å². The maximum Gasteiger partial charge on any atom is 0.342 e. The second kappa shape index (κ2) is 14.1. The molecule has 3 heteroatoms. The summed E-state index contributed by atoms with van der Waals surface area (Å²) in [5, 5.41) is 8.64. The molecule has 19 heavy (non-hydrogen) atoms. The average Bonchev–Trinajstić information content (AvgIpc) is 2.39. The lowest BCUT2D eigenvalue weighted by Crippen LogP contribution is -1.92. The fraction of sp³-hybridized carbons (Fsp3) is 0.812. The van der Waals surface area contributed by atoms with Crippen molar-refractivity contribution in [3.63, 3.8) is 0 Å². The maximum absolute atomic E-state index is 10.5. The smallest absolute Gasteiger partial charge is 0.342 e. The van der Waals surface area contributed by atoms with Gasteiger partial charge in [-0.1, -0.05) is 77.2 Å². The summed E-state index contributed by atoms with van der Waals surface area (Å²) in [7, 11) is 0. The van der Waals surface area contributed by atoms with Crippen molar-refractivity contribution < 1.29 is 9.90 Å². The summed E-state index contributed by atoms with van der Waals surface area (Å²) in [6.07, 6.45) is 17.2. The summed E-state index contributed by atoms with van der Waals surface area (Å²) >= 11 is 3.03. The Morgan fingerprint density at radius 2 is 1.32 bits per heavy atom. The van der Waals surface area contributed by atoms with Crippen LogP contribution in [0.5, 0.6) is 0 Å². The minimum absolute atomic E-state index is 0.291. The number of halogens is 1. The normalized spacial score (nSPS) is 11.8. The molecular formula is C16H29BrO2. The number of carbonyl (C=O) groups is 1. The molecule has 0 amide bonds. The predicted octanol–water partition coefficient (Wildman–Crippen LogP) is 6.05. The zero-order chi connectivity index (χ0) is 14.3. The van der Waals surface area contributed by atoms with Gasteiger partial charge in [0.05, 0.1) is 4.48 Å². The fourth-order valence-electron chi connectivity index (χ4n) is 2.12. The zero-order valence-corrected chi connectivity index (χ0v) is 13.9. The predicted molar refractivity (Wildman–Crippen MR) is 85.7 cm³/mol. The number of carboxylic acid groups (broad SMARTS) is 1. The summed E-state index contributed by atoms with van der Waals surface area (Å²) < 4.78 is 0.291. The van der Waals surface area contributed by atoms with Gasteiger partial charge in [0.2, 0.25) is 0 Å². The molecule has 0 saturated heterocycles. The van der Waals surface area contributed by atoms with E-state index in [1.807, 2.05) is 0 Å². The van der Waals surface area contributed by atoms with Crippen molar-refractivity contribution in [2.45, 2.75) is 84.0 Å². The van der Waals surface area contributed by atoms with Gasteiger partial charge in [0.15, 0.2) is 0 Å². The van der Waals surface area contributed by atoms with E-state index in [9.17, 15) is 4.79 Å². The topological polar surface area (TPSA) is 37.3 Å². The molecule has 0 unspecified atom stereocenters. The molecule has 0 aromatic heterocycles. The number of aliphatic carboxylic acids is 1. The molecule has 0 aromatic carbocycles. The van der Waals surface area contributed by atoms with E-state index in [-0.39, 0.29) is 0 Å². The molecule has 0 heterocycles. The van der Waals surface area contributed by atoms with E-state index in [1.165, 1.54) is 64.2 Å². The van der Waals surface area contributed by atoms with Crippen LogP contribution in [0.25, 0.3) is 0 Å². The Balaban J connectivity index is 3.15. The molecular weight excluding hydrogens is 304 g/mol. The molecule has 0 aliphatic rings. The van der Waals surface area contributed by atoms with Crippen molar-refractivity contribution in [1.29, 1.82) is 0 Å². The largest absolute Gasteiger partial charge is 0.477 e. The molecule has 0 saturated carbocycles. The minimum atomic E-state index is -0.872.